The van der Waals surface area contributed by atoms with Crippen molar-refractivity contribution in [3.8, 4) is 6.07 Å². The molecular formula is C12H8N. The van der Waals surface area contributed by atoms with Crippen molar-refractivity contribution in [3.05, 3.63) is 60.0 Å². The second-order valence-corrected chi connectivity index (χ2v) is 2.86. The Kier molecular flexibility index (Phi) is 1.97. The van der Waals surface area contributed by atoms with E-state index in [-0.39, 0.29) is 0 Å². The molecule has 1 aromatic rings. The Morgan fingerprint density at radius 2 is 1.85 bits per heavy atom. The van der Waals surface area contributed by atoms with Crippen LogP contribution in [0, 0.1) is 17.8 Å². The second-order valence-electron chi connectivity index (χ2n) is 2.86. The SMILES string of the molecule is N#Cc1ccc(C2=C[CH]C=C2)cc1. The molecule has 0 bridgehead atoms. The molecule has 0 fully saturated rings. The van der Waals surface area contributed by atoms with E-state index in [4.69, 9.17) is 5.26 Å². The lowest BCUT2D eigenvalue weighted by molar-refractivity contribution is 1.48. The lowest BCUT2D eigenvalue weighted by Gasteiger charge is -1.98. The Morgan fingerprint density at radius 1 is 1.08 bits per heavy atom. The molecule has 1 aromatic carbocycles. The monoisotopic (exact) mass is 166 g/mol. The highest BCUT2D eigenvalue weighted by Gasteiger charge is 2.00. The summed E-state index contributed by atoms with van der Waals surface area (Å²) in [5.41, 5.74) is 3.06. The minimum Gasteiger partial charge on any atom is -0.192 e. The molecule has 1 heteroatoms. The van der Waals surface area contributed by atoms with Crippen molar-refractivity contribution in [2.75, 3.05) is 0 Å². The number of hydrogen-bond acceptors (Lipinski definition) is 1. The summed E-state index contributed by atoms with van der Waals surface area (Å²) in [7, 11) is 0. The smallest absolute Gasteiger partial charge is 0.0991 e. The van der Waals surface area contributed by atoms with E-state index in [1.54, 1.807) is 0 Å². The Hall–Kier alpha value is -1.81. The van der Waals surface area contributed by atoms with Crippen LogP contribution in [0.2, 0.25) is 0 Å². The third kappa shape index (κ3) is 1.52. The summed E-state index contributed by atoms with van der Waals surface area (Å²) < 4.78 is 0. The predicted molar refractivity (Wildman–Crippen MR) is 52.6 cm³/mol. The van der Waals surface area contributed by atoms with Crippen molar-refractivity contribution in [2.45, 2.75) is 0 Å². The molecule has 61 valence electrons. The maximum atomic E-state index is 8.61. The molecule has 0 aliphatic heterocycles. The van der Waals surface area contributed by atoms with Crippen molar-refractivity contribution >= 4 is 5.57 Å². The van der Waals surface area contributed by atoms with E-state index in [0.717, 1.165) is 5.56 Å². The van der Waals surface area contributed by atoms with Gasteiger partial charge in [0.05, 0.1) is 11.6 Å². The van der Waals surface area contributed by atoms with Gasteiger partial charge in [0.2, 0.25) is 0 Å². The molecule has 0 heterocycles. The van der Waals surface area contributed by atoms with Crippen molar-refractivity contribution in [1.82, 2.24) is 0 Å². The third-order valence-corrected chi connectivity index (χ3v) is 2.01. The first-order chi connectivity index (χ1) is 6.40. The van der Waals surface area contributed by atoms with Gasteiger partial charge in [0.15, 0.2) is 0 Å². The van der Waals surface area contributed by atoms with E-state index in [1.807, 2.05) is 36.8 Å². The zero-order valence-electron chi connectivity index (χ0n) is 7.07. The van der Waals surface area contributed by atoms with Crippen molar-refractivity contribution in [2.24, 2.45) is 0 Å². The van der Waals surface area contributed by atoms with Crippen molar-refractivity contribution < 1.29 is 0 Å². The van der Waals surface area contributed by atoms with Crippen LogP contribution in [0.5, 0.6) is 0 Å². The maximum Gasteiger partial charge on any atom is 0.0991 e. The highest BCUT2D eigenvalue weighted by atomic mass is 14.2. The third-order valence-electron chi connectivity index (χ3n) is 2.01. The molecule has 0 atom stereocenters. The number of rotatable bonds is 1. The summed E-state index contributed by atoms with van der Waals surface area (Å²) in [5.74, 6) is 0. The summed E-state index contributed by atoms with van der Waals surface area (Å²) in [4.78, 5) is 0. The molecule has 0 amide bonds. The quantitative estimate of drug-likeness (QED) is 0.629. The Bertz CT molecular complexity index is 402. The molecule has 0 N–H and O–H groups in total. The minimum absolute atomic E-state index is 0.704. The van der Waals surface area contributed by atoms with E-state index in [1.165, 1.54) is 5.57 Å². The summed E-state index contributed by atoms with van der Waals surface area (Å²) >= 11 is 0. The maximum absolute atomic E-state index is 8.61. The summed E-state index contributed by atoms with van der Waals surface area (Å²) in [6.07, 6.45) is 8.13. The molecule has 0 saturated heterocycles. The molecule has 1 nitrogen and oxygen atoms in total. The van der Waals surface area contributed by atoms with Gasteiger partial charge >= 0.3 is 0 Å². The molecule has 1 radical (unpaired) electrons. The Morgan fingerprint density at radius 3 is 2.38 bits per heavy atom. The van der Waals surface area contributed by atoms with Gasteiger partial charge in [-0.25, -0.2) is 0 Å². The van der Waals surface area contributed by atoms with E-state index < -0.39 is 0 Å². The van der Waals surface area contributed by atoms with Gasteiger partial charge in [-0.1, -0.05) is 30.4 Å². The lowest BCUT2D eigenvalue weighted by Crippen LogP contribution is -1.79. The second kappa shape index (κ2) is 3.28. The topological polar surface area (TPSA) is 23.8 Å². The lowest BCUT2D eigenvalue weighted by atomic mass is 10.1. The van der Waals surface area contributed by atoms with E-state index in [9.17, 15) is 0 Å². The number of allylic oxidation sites excluding steroid dienone is 4. The number of nitriles is 1. The summed E-state index contributed by atoms with van der Waals surface area (Å²) in [6, 6.07) is 9.70. The van der Waals surface area contributed by atoms with Crippen LogP contribution in [0.25, 0.3) is 5.57 Å². The van der Waals surface area contributed by atoms with Gasteiger partial charge in [-0.15, -0.1) is 0 Å². The van der Waals surface area contributed by atoms with Crippen LogP contribution in [-0.2, 0) is 0 Å². The van der Waals surface area contributed by atoms with E-state index in [2.05, 4.69) is 18.2 Å². The fourth-order valence-electron chi connectivity index (χ4n) is 1.30. The standard InChI is InChI=1S/C12H8N/c13-9-10-5-7-12(8-6-10)11-3-1-2-4-11/h1-8H. The first-order valence-corrected chi connectivity index (χ1v) is 4.12. The minimum atomic E-state index is 0.704. The number of nitrogens with zero attached hydrogens (tertiary/aromatic N) is 1. The fraction of sp³-hybridized carbons (Fsp3) is 0. The Balaban J connectivity index is 2.34. The van der Waals surface area contributed by atoms with Crippen molar-refractivity contribution in [3.63, 3.8) is 0 Å². The summed E-state index contributed by atoms with van der Waals surface area (Å²) in [6.45, 7) is 0. The molecule has 0 saturated carbocycles. The van der Waals surface area contributed by atoms with Gasteiger partial charge in [0.25, 0.3) is 0 Å². The van der Waals surface area contributed by atoms with Crippen LogP contribution in [0.15, 0.2) is 42.5 Å². The predicted octanol–water partition coefficient (Wildman–Crippen LogP) is 2.72. The Labute approximate surface area is 77.6 Å². The average Bonchev–Trinajstić information content (AvgIpc) is 2.71. The van der Waals surface area contributed by atoms with E-state index >= 15 is 0 Å². The van der Waals surface area contributed by atoms with Crippen LogP contribution < -0.4 is 0 Å². The zero-order valence-corrected chi connectivity index (χ0v) is 7.07. The largest absolute Gasteiger partial charge is 0.192 e. The molecule has 0 unspecified atom stereocenters. The summed E-state index contributed by atoms with van der Waals surface area (Å²) in [5, 5.41) is 8.61. The first kappa shape index (κ1) is 7.82. The van der Waals surface area contributed by atoms with Gasteiger partial charge in [0, 0.05) is 6.42 Å². The van der Waals surface area contributed by atoms with Gasteiger partial charge in [-0.05, 0) is 23.3 Å². The first-order valence-electron chi connectivity index (χ1n) is 4.12. The van der Waals surface area contributed by atoms with Crippen LogP contribution in [0.1, 0.15) is 11.1 Å². The fourth-order valence-corrected chi connectivity index (χ4v) is 1.30. The van der Waals surface area contributed by atoms with Gasteiger partial charge in [-0.3, -0.25) is 0 Å². The highest BCUT2D eigenvalue weighted by molar-refractivity contribution is 5.78. The van der Waals surface area contributed by atoms with Gasteiger partial charge in [0.1, 0.15) is 0 Å². The highest BCUT2D eigenvalue weighted by Crippen LogP contribution is 2.20. The van der Waals surface area contributed by atoms with Crippen LogP contribution in [0.4, 0.5) is 0 Å². The van der Waals surface area contributed by atoms with Crippen molar-refractivity contribution in [1.29, 1.82) is 5.26 Å². The van der Waals surface area contributed by atoms with E-state index in [0.29, 0.717) is 5.56 Å². The molecule has 0 spiro atoms. The molecular weight excluding hydrogens is 158 g/mol. The molecule has 1 aliphatic rings. The average molecular weight is 166 g/mol. The molecule has 0 aromatic heterocycles. The number of benzene rings is 1. The molecule has 13 heavy (non-hydrogen) atoms. The molecule has 2 rings (SSSR count). The van der Waals surface area contributed by atoms with Crippen LogP contribution in [0.3, 0.4) is 0 Å². The van der Waals surface area contributed by atoms with Gasteiger partial charge in [-0.2, -0.15) is 5.26 Å². The molecule has 1 aliphatic carbocycles. The zero-order chi connectivity index (χ0) is 9.10. The number of hydrogen-bond donors (Lipinski definition) is 0. The van der Waals surface area contributed by atoms with Gasteiger partial charge < -0.3 is 0 Å². The normalized spacial score (nSPS) is 13.9. The van der Waals surface area contributed by atoms with Crippen LogP contribution in [-0.4, -0.2) is 0 Å². The van der Waals surface area contributed by atoms with Crippen LogP contribution >= 0.6 is 0 Å².